The SMILES string of the molecule is C1CCCC1.CNC(C)C1CCCC1P(c1ccccc1)c1ccccc1.[CH3-].[CH3-].[Fe+2]. The molecule has 0 aromatic heterocycles. The summed E-state index contributed by atoms with van der Waals surface area (Å²) in [6.07, 6.45) is 11.6. The van der Waals surface area contributed by atoms with Gasteiger partial charge in [0, 0.05) is 6.04 Å². The van der Waals surface area contributed by atoms with Gasteiger partial charge in [0.1, 0.15) is 0 Å². The van der Waals surface area contributed by atoms with Crippen LogP contribution in [-0.2, 0) is 17.1 Å². The molecule has 0 radical (unpaired) electrons. The molecule has 0 heterocycles. The first-order valence-corrected chi connectivity index (χ1v) is 12.3. The third kappa shape index (κ3) is 8.12. The van der Waals surface area contributed by atoms with Crippen LogP contribution in [-0.4, -0.2) is 18.7 Å². The second-order valence-corrected chi connectivity index (χ2v) is 10.5. The van der Waals surface area contributed by atoms with E-state index in [0.29, 0.717) is 6.04 Å². The summed E-state index contributed by atoms with van der Waals surface area (Å²) in [6, 6.07) is 23.0. The summed E-state index contributed by atoms with van der Waals surface area (Å²) >= 11 is 0. The van der Waals surface area contributed by atoms with Crippen molar-refractivity contribution < 1.29 is 17.1 Å². The van der Waals surface area contributed by atoms with E-state index in [-0.39, 0.29) is 39.8 Å². The van der Waals surface area contributed by atoms with E-state index in [9.17, 15) is 0 Å². The summed E-state index contributed by atoms with van der Waals surface area (Å²) in [6.45, 7) is 2.35. The molecule has 0 amide bonds. The van der Waals surface area contributed by atoms with Crippen LogP contribution in [0.4, 0.5) is 0 Å². The van der Waals surface area contributed by atoms with Crippen molar-refractivity contribution in [2.24, 2.45) is 5.92 Å². The molecule has 3 atom stereocenters. The van der Waals surface area contributed by atoms with Gasteiger partial charge in [-0.3, -0.25) is 0 Å². The molecule has 0 spiro atoms. The zero-order chi connectivity index (χ0) is 18.9. The number of rotatable bonds is 5. The Labute approximate surface area is 199 Å². The molecule has 2 aromatic carbocycles. The first kappa shape index (κ1) is 29.3. The summed E-state index contributed by atoms with van der Waals surface area (Å²) in [5.74, 6) is 0.788. The predicted octanol–water partition coefficient (Wildman–Crippen LogP) is 6.74. The van der Waals surface area contributed by atoms with Crippen LogP contribution in [0, 0.1) is 20.8 Å². The number of nitrogens with one attached hydrogen (secondary N) is 1. The predicted molar refractivity (Wildman–Crippen MR) is 135 cm³/mol. The van der Waals surface area contributed by atoms with Gasteiger partial charge >= 0.3 is 17.1 Å². The standard InChI is InChI=1S/C20H26NP.C5H10.2CH3.Fe/c1-16(21-2)19-14-9-15-20(19)22(17-10-5-3-6-11-17)18-12-7-4-8-13-18;1-2-4-5-3-1;;;/h3-8,10-13,16,19-21H,9,14-15H2,1-2H3;1-5H2;2*1H3;/q;;2*-1;+2. The zero-order valence-corrected chi connectivity index (χ0v) is 21.5. The molecular weight excluding hydrogens is 425 g/mol. The smallest absolute Gasteiger partial charge is 0.358 e. The van der Waals surface area contributed by atoms with E-state index < -0.39 is 0 Å². The molecule has 0 saturated heterocycles. The molecule has 2 aromatic rings. The average molecular weight is 467 g/mol. The average Bonchev–Trinajstić information content (AvgIpc) is 3.45. The van der Waals surface area contributed by atoms with Crippen molar-refractivity contribution in [3.8, 4) is 0 Å². The monoisotopic (exact) mass is 467 g/mol. The molecule has 2 fully saturated rings. The molecular formula is C27H42FeNP. The molecule has 0 aliphatic heterocycles. The Balaban J connectivity index is 0.000000928. The number of hydrogen-bond donors (Lipinski definition) is 1. The van der Waals surface area contributed by atoms with Gasteiger partial charge in [0.05, 0.1) is 0 Å². The van der Waals surface area contributed by atoms with Gasteiger partial charge in [-0.1, -0.05) is 99.2 Å². The third-order valence-corrected chi connectivity index (χ3v) is 9.29. The van der Waals surface area contributed by atoms with E-state index in [1.54, 1.807) is 0 Å². The molecule has 3 unspecified atom stereocenters. The Morgan fingerprint density at radius 1 is 0.733 bits per heavy atom. The number of benzene rings is 2. The van der Waals surface area contributed by atoms with Crippen LogP contribution in [0.15, 0.2) is 60.7 Å². The van der Waals surface area contributed by atoms with Crippen LogP contribution in [0.1, 0.15) is 58.3 Å². The quantitative estimate of drug-likeness (QED) is 0.292. The molecule has 4 rings (SSSR count). The molecule has 3 heteroatoms. The molecule has 2 saturated carbocycles. The summed E-state index contributed by atoms with van der Waals surface area (Å²) in [5, 5.41) is 6.57. The van der Waals surface area contributed by atoms with Gasteiger partial charge in [-0.15, -0.1) is 0 Å². The van der Waals surface area contributed by atoms with Crippen molar-refractivity contribution in [2.45, 2.75) is 70.0 Å². The van der Waals surface area contributed by atoms with Crippen molar-refractivity contribution in [2.75, 3.05) is 7.05 Å². The van der Waals surface area contributed by atoms with Crippen LogP contribution < -0.4 is 15.9 Å². The van der Waals surface area contributed by atoms with E-state index in [0.717, 1.165) is 11.6 Å². The van der Waals surface area contributed by atoms with E-state index in [1.165, 1.54) is 62.0 Å². The largest absolute Gasteiger partial charge is 2.00 e. The van der Waals surface area contributed by atoms with E-state index in [2.05, 4.69) is 80.0 Å². The fraction of sp³-hybridized carbons (Fsp3) is 0.481. The normalized spacial score (nSPS) is 20.8. The second kappa shape index (κ2) is 16.0. The third-order valence-electron chi connectivity index (χ3n) is 6.28. The van der Waals surface area contributed by atoms with Crippen LogP contribution in [0.25, 0.3) is 0 Å². The maximum Gasteiger partial charge on any atom is 2.00 e. The summed E-state index contributed by atoms with van der Waals surface area (Å²) < 4.78 is 0. The van der Waals surface area contributed by atoms with Crippen molar-refractivity contribution >= 4 is 18.5 Å². The molecule has 1 nitrogen and oxygen atoms in total. The van der Waals surface area contributed by atoms with E-state index in [1.807, 2.05) is 0 Å². The molecule has 168 valence electrons. The van der Waals surface area contributed by atoms with Crippen LogP contribution in [0.3, 0.4) is 0 Å². The number of hydrogen-bond acceptors (Lipinski definition) is 1. The first-order valence-electron chi connectivity index (χ1n) is 10.9. The van der Waals surface area contributed by atoms with Gasteiger partial charge in [0.2, 0.25) is 0 Å². The van der Waals surface area contributed by atoms with E-state index >= 15 is 0 Å². The van der Waals surface area contributed by atoms with Gasteiger partial charge in [-0.05, 0) is 56.9 Å². The van der Waals surface area contributed by atoms with Gasteiger partial charge in [-0.2, -0.15) is 0 Å². The van der Waals surface area contributed by atoms with Gasteiger partial charge < -0.3 is 20.2 Å². The van der Waals surface area contributed by atoms with Crippen LogP contribution in [0.2, 0.25) is 0 Å². The molecule has 0 bridgehead atoms. The van der Waals surface area contributed by atoms with Gasteiger partial charge in [0.25, 0.3) is 0 Å². The molecule has 2 aliphatic rings. The van der Waals surface area contributed by atoms with Gasteiger partial charge in [-0.25, -0.2) is 0 Å². The maximum absolute atomic E-state index is 3.51. The minimum atomic E-state index is -0.269. The Morgan fingerprint density at radius 2 is 1.17 bits per heavy atom. The fourth-order valence-corrected chi connectivity index (χ4v) is 7.96. The Morgan fingerprint density at radius 3 is 1.57 bits per heavy atom. The minimum absolute atomic E-state index is 0. The fourth-order valence-electron chi connectivity index (χ4n) is 4.68. The van der Waals surface area contributed by atoms with Crippen LogP contribution in [0.5, 0.6) is 0 Å². The molecule has 30 heavy (non-hydrogen) atoms. The van der Waals surface area contributed by atoms with E-state index in [4.69, 9.17) is 0 Å². The van der Waals surface area contributed by atoms with Crippen molar-refractivity contribution in [1.82, 2.24) is 5.32 Å². The zero-order valence-electron chi connectivity index (χ0n) is 19.5. The summed E-state index contributed by atoms with van der Waals surface area (Å²) in [4.78, 5) is 0. The summed E-state index contributed by atoms with van der Waals surface area (Å²) in [5.41, 5.74) is 0.794. The van der Waals surface area contributed by atoms with Crippen molar-refractivity contribution in [1.29, 1.82) is 0 Å². The first-order chi connectivity index (χ1) is 13.3. The maximum atomic E-state index is 3.51. The topological polar surface area (TPSA) is 12.0 Å². The molecule has 2 aliphatic carbocycles. The van der Waals surface area contributed by atoms with Gasteiger partial charge in [0.15, 0.2) is 0 Å². The Hall–Kier alpha value is -0.651. The molecule has 1 N–H and O–H groups in total. The van der Waals surface area contributed by atoms with Crippen LogP contribution >= 0.6 is 7.92 Å². The summed E-state index contributed by atoms with van der Waals surface area (Å²) in [7, 11) is 1.84. The Bertz CT molecular complexity index is 597. The second-order valence-electron chi connectivity index (χ2n) is 8.05. The Kier molecular flexibility index (Phi) is 15.7. The minimum Gasteiger partial charge on any atom is -0.358 e. The van der Waals surface area contributed by atoms with Crippen molar-refractivity contribution in [3.63, 3.8) is 0 Å². The van der Waals surface area contributed by atoms with Crippen molar-refractivity contribution in [3.05, 3.63) is 75.5 Å².